The third-order valence-electron chi connectivity index (χ3n) is 3.10. The van der Waals surface area contributed by atoms with Gasteiger partial charge in [-0.3, -0.25) is 0 Å². The van der Waals surface area contributed by atoms with E-state index in [2.05, 4.69) is 21.6 Å². The van der Waals surface area contributed by atoms with E-state index >= 15 is 0 Å². The number of hydrogen-bond donors (Lipinski definition) is 1. The summed E-state index contributed by atoms with van der Waals surface area (Å²) in [6.45, 7) is 0.493. The van der Waals surface area contributed by atoms with Crippen LogP contribution in [0.3, 0.4) is 0 Å². The maximum absolute atomic E-state index is 8.81. The molecule has 3 rings (SSSR count). The SMILES string of the molecule is N#Cc1ccc(-n2ncc(CNc3cc(Cl)cc(Cl)c3)n2)cc1. The standard InChI is InChI=1S/C16H11Cl2N5/c17-12-5-13(18)7-14(6-12)20-9-15-10-21-23(22-15)16-3-1-11(8-19)2-4-16/h1-7,10,20H,9H2. The van der Waals surface area contributed by atoms with Gasteiger partial charge in [0, 0.05) is 15.7 Å². The van der Waals surface area contributed by atoms with Gasteiger partial charge in [0.25, 0.3) is 0 Å². The first-order valence-corrected chi connectivity index (χ1v) is 7.51. The number of nitrogens with one attached hydrogen (secondary N) is 1. The highest BCUT2D eigenvalue weighted by Crippen LogP contribution is 2.22. The van der Waals surface area contributed by atoms with Crippen LogP contribution in [-0.4, -0.2) is 15.0 Å². The fourth-order valence-electron chi connectivity index (χ4n) is 2.02. The molecule has 5 nitrogen and oxygen atoms in total. The van der Waals surface area contributed by atoms with E-state index in [0.717, 1.165) is 17.1 Å². The molecule has 3 aromatic rings. The van der Waals surface area contributed by atoms with Gasteiger partial charge in [-0.1, -0.05) is 23.2 Å². The van der Waals surface area contributed by atoms with Crippen LogP contribution in [0.25, 0.3) is 5.69 Å². The predicted molar refractivity (Wildman–Crippen MR) is 89.9 cm³/mol. The number of halogens is 2. The van der Waals surface area contributed by atoms with Gasteiger partial charge in [0.15, 0.2) is 0 Å². The van der Waals surface area contributed by atoms with Crippen LogP contribution in [0.4, 0.5) is 5.69 Å². The second-order valence-electron chi connectivity index (χ2n) is 4.80. The molecule has 0 aliphatic carbocycles. The minimum atomic E-state index is 0.493. The molecule has 0 aliphatic rings. The molecule has 0 unspecified atom stereocenters. The summed E-state index contributed by atoms with van der Waals surface area (Å²) in [4.78, 5) is 1.52. The van der Waals surface area contributed by atoms with E-state index in [1.807, 2.05) is 0 Å². The molecule has 0 fully saturated rings. The zero-order chi connectivity index (χ0) is 16.2. The van der Waals surface area contributed by atoms with Crippen molar-refractivity contribution < 1.29 is 0 Å². The molecule has 1 aromatic heterocycles. The smallest absolute Gasteiger partial charge is 0.102 e. The Labute approximate surface area is 143 Å². The fourth-order valence-corrected chi connectivity index (χ4v) is 2.54. The summed E-state index contributed by atoms with van der Waals surface area (Å²) < 4.78 is 0. The van der Waals surface area contributed by atoms with E-state index < -0.39 is 0 Å². The molecular formula is C16H11Cl2N5. The van der Waals surface area contributed by atoms with E-state index in [-0.39, 0.29) is 0 Å². The lowest BCUT2D eigenvalue weighted by molar-refractivity contribution is 0.740. The number of nitrogens with zero attached hydrogens (tertiary/aromatic N) is 4. The van der Waals surface area contributed by atoms with Crippen LogP contribution in [0.2, 0.25) is 10.0 Å². The summed E-state index contributed by atoms with van der Waals surface area (Å²) in [6, 6.07) is 14.4. The number of aromatic nitrogens is 3. The van der Waals surface area contributed by atoms with Crippen molar-refractivity contribution in [3.8, 4) is 11.8 Å². The van der Waals surface area contributed by atoms with E-state index in [0.29, 0.717) is 22.2 Å². The molecule has 2 aromatic carbocycles. The van der Waals surface area contributed by atoms with Crippen LogP contribution >= 0.6 is 23.2 Å². The first kappa shape index (κ1) is 15.3. The van der Waals surface area contributed by atoms with Gasteiger partial charge >= 0.3 is 0 Å². The summed E-state index contributed by atoms with van der Waals surface area (Å²) in [5, 5.41) is 21.8. The third-order valence-corrected chi connectivity index (χ3v) is 3.54. The van der Waals surface area contributed by atoms with Crippen molar-refractivity contribution in [1.29, 1.82) is 5.26 Å². The molecule has 1 heterocycles. The number of nitriles is 1. The minimum absolute atomic E-state index is 0.493. The largest absolute Gasteiger partial charge is 0.379 e. The quantitative estimate of drug-likeness (QED) is 0.775. The average molecular weight is 344 g/mol. The average Bonchev–Trinajstić information content (AvgIpc) is 3.01. The highest BCUT2D eigenvalue weighted by molar-refractivity contribution is 6.35. The Morgan fingerprint density at radius 3 is 2.43 bits per heavy atom. The molecule has 0 atom stereocenters. The molecule has 7 heteroatoms. The minimum Gasteiger partial charge on any atom is -0.379 e. The molecule has 0 radical (unpaired) electrons. The molecule has 0 amide bonds. The Kier molecular flexibility index (Phi) is 4.47. The van der Waals surface area contributed by atoms with Gasteiger partial charge < -0.3 is 5.32 Å². The van der Waals surface area contributed by atoms with Gasteiger partial charge in [-0.15, -0.1) is 0 Å². The predicted octanol–water partition coefficient (Wildman–Crippen LogP) is 4.06. The number of benzene rings is 2. The van der Waals surface area contributed by atoms with Crippen molar-refractivity contribution in [2.24, 2.45) is 0 Å². The van der Waals surface area contributed by atoms with Crippen molar-refractivity contribution in [3.63, 3.8) is 0 Å². The molecule has 114 valence electrons. The molecule has 0 aliphatic heterocycles. The molecule has 0 saturated heterocycles. The first-order valence-electron chi connectivity index (χ1n) is 6.76. The van der Waals surface area contributed by atoms with Crippen molar-refractivity contribution in [1.82, 2.24) is 15.0 Å². The second-order valence-corrected chi connectivity index (χ2v) is 5.67. The Bertz CT molecular complexity index is 845. The first-order chi connectivity index (χ1) is 11.1. The second kappa shape index (κ2) is 6.69. The number of hydrogen-bond acceptors (Lipinski definition) is 4. The summed E-state index contributed by atoms with van der Waals surface area (Å²) >= 11 is 11.9. The van der Waals surface area contributed by atoms with Crippen molar-refractivity contribution >= 4 is 28.9 Å². The van der Waals surface area contributed by atoms with Crippen LogP contribution in [0.15, 0.2) is 48.7 Å². The number of rotatable bonds is 4. The molecule has 0 bridgehead atoms. The van der Waals surface area contributed by atoms with Gasteiger partial charge in [-0.25, -0.2) is 0 Å². The van der Waals surface area contributed by atoms with Crippen molar-refractivity contribution in [3.05, 3.63) is 70.0 Å². The lowest BCUT2D eigenvalue weighted by Gasteiger charge is -2.05. The van der Waals surface area contributed by atoms with Gasteiger partial charge in [-0.2, -0.15) is 20.3 Å². The lowest BCUT2D eigenvalue weighted by Crippen LogP contribution is -2.03. The van der Waals surface area contributed by atoms with Gasteiger partial charge in [0.1, 0.15) is 5.69 Å². The van der Waals surface area contributed by atoms with Crippen LogP contribution in [0.5, 0.6) is 0 Å². The Hall–Kier alpha value is -2.55. The summed E-state index contributed by atoms with van der Waals surface area (Å²) in [5.74, 6) is 0. The van der Waals surface area contributed by atoms with E-state index in [9.17, 15) is 0 Å². The van der Waals surface area contributed by atoms with Gasteiger partial charge in [0.05, 0.1) is 30.1 Å². The fraction of sp³-hybridized carbons (Fsp3) is 0.0625. The van der Waals surface area contributed by atoms with Gasteiger partial charge in [-0.05, 0) is 42.5 Å². The number of anilines is 1. The Morgan fingerprint density at radius 2 is 1.78 bits per heavy atom. The topological polar surface area (TPSA) is 66.5 Å². The molecule has 1 N–H and O–H groups in total. The maximum Gasteiger partial charge on any atom is 0.102 e. The Morgan fingerprint density at radius 1 is 1.09 bits per heavy atom. The third kappa shape index (κ3) is 3.81. The van der Waals surface area contributed by atoms with Crippen LogP contribution in [0, 0.1) is 11.3 Å². The molecule has 0 spiro atoms. The van der Waals surface area contributed by atoms with E-state index in [1.54, 1.807) is 48.7 Å². The normalized spacial score (nSPS) is 10.3. The summed E-state index contributed by atoms with van der Waals surface area (Å²) in [5.41, 5.74) is 2.97. The zero-order valence-corrected chi connectivity index (χ0v) is 13.4. The van der Waals surface area contributed by atoms with E-state index in [1.165, 1.54) is 4.80 Å². The monoisotopic (exact) mass is 343 g/mol. The highest BCUT2D eigenvalue weighted by atomic mass is 35.5. The zero-order valence-electron chi connectivity index (χ0n) is 11.9. The summed E-state index contributed by atoms with van der Waals surface area (Å²) in [7, 11) is 0. The van der Waals surface area contributed by atoms with Gasteiger partial charge in [0.2, 0.25) is 0 Å². The van der Waals surface area contributed by atoms with Crippen LogP contribution in [0.1, 0.15) is 11.3 Å². The maximum atomic E-state index is 8.81. The molecular weight excluding hydrogens is 333 g/mol. The van der Waals surface area contributed by atoms with Crippen molar-refractivity contribution in [2.45, 2.75) is 6.54 Å². The Balaban J connectivity index is 1.70. The van der Waals surface area contributed by atoms with Crippen LogP contribution < -0.4 is 5.32 Å². The van der Waals surface area contributed by atoms with Crippen LogP contribution in [-0.2, 0) is 6.54 Å². The summed E-state index contributed by atoms with van der Waals surface area (Å²) in [6.07, 6.45) is 1.68. The van der Waals surface area contributed by atoms with E-state index in [4.69, 9.17) is 28.5 Å². The van der Waals surface area contributed by atoms with Crippen molar-refractivity contribution in [2.75, 3.05) is 5.32 Å². The molecule has 23 heavy (non-hydrogen) atoms. The molecule has 0 saturated carbocycles. The highest BCUT2D eigenvalue weighted by Gasteiger charge is 2.04. The lowest BCUT2D eigenvalue weighted by atomic mass is 10.2.